The van der Waals surface area contributed by atoms with Crippen LogP contribution in [-0.4, -0.2) is 34.6 Å². The number of thioether (sulfide) groups is 1. The molecule has 1 atom stereocenters. The molecule has 2 heterocycles. The van der Waals surface area contributed by atoms with E-state index in [9.17, 15) is 13.6 Å². The summed E-state index contributed by atoms with van der Waals surface area (Å²) in [7, 11) is 0. The highest BCUT2D eigenvalue weighted by molar-refractivity contribution is 7.99. The fourth-order valence-electron chi connectivity index (χ4n) is 2.66. The maximum atomic E-state index is 13.9. The van der Waals surface area contributed by atoms with E-state index in [-0.39, 0.29) is 11.2 Å². The molecule has 0 radical (unpaired) electrons. The minimum Gasteiger partial charge on any atom is -0.338 e. The van der Waals surface area contributed by atoms with Crippen LogP contribution in [0.4, 0.5) is 8.78 Å². The molecule has 1 aromatic heterocycles. The van der Waals surface area contributed by atoms with Crippen molar-refractivity contribution in [2.45, 2.75) is 11.7 Å². The number of rotatable bonds is 2. The fourth-order valence-corrected chi connectivity index (χ4v) is 3.90. The molecule has 120 valence electrons. The van der Waals surface area contributed by atoms with Crippen LogP contribution in [0.3, 0.4) is 0 Å². The van der Waals surface area contributed by atoms with Crippen molar-refractivity contribution in [1.29, 1.82) is 0 Å². The van der Waals surface area contributed by atoms with Gasteiger partial charge >= 0.3 is 0 Å². The largest absolute Gasteiger partial charge is 0.338 e. The second-order valence-corrected chi connectivity index (χ2v) is 6.65. The van der Waals surface area contributed by atoms with Crippen molar-refractivity contribution in [3.8, 4) is 0 Å². The lowest BCUT2D eigenvalue weighted by Gasteiger charge is -2.20. The van der Waals surface area contributed by atoms with Gasteiger partial charge in [0, 0.05) is 47.6 Å². The smallest absolute Gasteiger partial charge is 0.253 e. The van der Waals surface area contributed by atoms with E-state index < -0.39 is 11.6 Å². The molecular weight excluding hydrogens is 318 g/mol. The Morgan fingerprint density at radius 3 is 2.74 bits per heavy atom. The summed E-state index contributed by atoms with van der Waals surface area (Å²) >= 11 is 1.56. The summed E-state index contributed by atoms with van der Waals surface area (Å²) in [5, 5.41) is -0.138. The summed E-state index contributed by atoms with van der Waals surface area (Å²) < 4.78 is 27.3. The Hall–Kier alpha value is -1.95. The number of pyridine rings is 1. The molecule has 1 aliphatic rings. The van der Waals surface area contributed by atoms with Crippen molar-refractivity contribution in [3.63, 3.8) is 0 Å². The summed E-state index contributed by atoms with van der Waals surface area (Å²) in [5.41, 5.74) is 0.980. The predicted octanol–water partition coefficient (Wildman–Crippen LogP) is 3.68. The highest BCUT2D eigenvalue weighted by atomic mass is 32.2. The third kappa shape index (κ3) is 3.69. The number of aromatic nitrogens is 1. The summed E-state index contributed by atoms with van der Waals surface area (Å²) in [6, 6.07) is 6.91. The minimum atomic E-state index is -0.434. The molecule has 0 spiro atoms. The molecule has 1 aromatic carbocycles. The van der Waals surface area contributed by atoms with E-state index in [1.165, 1.54) is 6.07 Å². The van der Waals surface area contributed by atoms with Gasteiger partial charge in [0.15, 0.2) is 0 Å². The van der Waals surface area contributed by atoms with Crippen molar-refractivity contribution in [2.75, 3.05) is 18.8 Å². The van der Waals surface area contributed by atoms with E-state index in [1.807, 2.05) is 0 Å². The maximum absolute atomic E-state index is 13.9. The third-order valence-corrected chi connectivity index (χ3v) is 5.17. The van der Waals surface area contributed by atoms with Crippen molar-refractivity contribution in [3.05, 3.63) is 65.5 Å². The molecule has 6 heteroatoms. The van der Waals surface area contributed by atoms with Crippen LogP contribution in [0.15, 0.2) is 42.7 Å². The van der Waals surface area contributed by atoms with E-state index >= 15 is 0 Å². The molecule has 0 unspecified atom stereocenters. The minimum absolute atomic E-state index is 0.0478. The Bertz CT molecular complexity index is 696. The Balaban J connectivity index is 1.72. The van der Waals surface area contributed by atoms with Crippen LogP contribution in [0.5, 0.6) is 0 Å². The molecule has 2 aromatic rings. The van der Waals surface area contributed by atoms with E-state index in [0.717, 1.165) is 12.1 Å². The normalized spacial score (nSPS) is 18.5. The van der Waals surface area contributed by atoms with Crippen molar-refractivity contribution < 1.29 is 13.6 Å². The van der Waals surface area contributed by atoms with Gasteiger partial charge in [-0.15, -0.1) is 0 Å². The van der Waals surface area contributed by atoms with Crippen molar-refractivity contribution in [1.82, 2.24) is 9.88 Å². The van der Waals surface area contributed by atoms with Gasteiger partial charge in [-0.3, -0.25) is 9.78 Å². The molecule has 1 aliphatic heterocycles. The first kappa shape index (κ1) is 15.9. The number of carbonyl (C=O) groups is 1. The first-order valence-electron chi connectivity index (χ1n) is 7.41. The quantitative estimate of drug-likeness (QED) is 0.840. The second-order valence-electron chi connectivity index (χ2n) is 5.34. The zero-order chi connectivity index (χ0) is 16.2. The monoisotopic (exact) mass is 334 g/mol. The number of benzene rings is 1. The van der Waals surface area contributed by atoms with E-state index in [4.69, 9.17) is 0 Å². The topological polar surface area (TPSA) is 33.2 Å². The highest BCUT2D eigenvalue weighted by Crippen LogP contribution is 2.36. The van der Waals surface area contributed by atoms with Crippen LogP contribution in [0.25, 0.3) is 0 Å². The van der Waals surface area contributed by atoms with E-state index in [2.05, 4.69) is 4.98 Å². The molecule has 1 saturated heterocycles. The zero-order valence-electron chi connectivity index (χ0n) is 12.4. The molecule has 1 amide bonds. The first-order valence-corrected chi connectivity index (χ1v) is 8.46. The fraction of sp³-hybridized carbons (Fsp3) is 0.294. The van der Waals surface area contributed by atoms with Crippen LogP contribution in [0.1, 0.15) is 27.6 Å². The molecule has 3 rings (SSSR count). The SMILES string of the molecule is O=C(c1ccncc1)N1CCS[C@@H](c2cc(F)ccc2F)CC1. The van der Waals surface area contributed by atoms with Gasteiger partial charge < -0.3 is 4.90 Å². The van der Waals surface area contributed by atoms with Crippen LogP contribution in [-0.2, 0) is 0 Å². The van der Waals surface area contributed by atoms with Gasteiger partial charge in [-0.25, -0.2) is 8.78 Å². The van der Waals surface area contributed by atoms with Gasteiger partial charge in [0.2, 0.25) is 0 Å². The maximum Gasteiger partial charge on any atom is 0.253 e. The summed E-state index contributed by atoms with van der Waals surface area (Å²) in [4.78, 5) is 18.1. The average molecular weight is 334 g/mol. The van der Waals surface area contributed by atoms with Crippen LogP contribution in [0, 0.1) is 11.6 Å². The number of hydrogen-bond acceptors (Lipinski definition) is 3. The van der Waals surface area contributed by atoms with Gasteiger partial charge in [0.1, 0.15) is 11.6 Å². The number of carbonyl (C=O) groups excluding carboxylic acids is 1. The molecule has 0 aliphatic carbocycles. The van der Waals surface area contributed by atoms with Gasteiger partial charge in [-0.1, -0.05) is 0 Å². The molecule has 23 heavy (non-hydrogen) atoms. The van der Waals surface area contributed by atoms with Gasteiger partial charge in [0.25, 0.3) is 5.91 Å². The zero-order valence-corrected chi connectivity index (χ0v) is 13.2. The molecule has 0 N–H and O–H groups in total. The Morgan fingerprint density at radius 1 is 1.17 bits per heavy atom. The average Bonchev–Trinajstić information content (AvgIpc) is 2.83. The number of amides is 1. The lowest BCUT2D eigenvalue weighted by molar-refractivity contribution is 0.0766. The highest BCUT2D eigenvalue weighted by Gasteiger charge is 2.24. The van der Waals surface area contributed by atoms with Crippen molar-refractivity contribution in [2.24, 2.45) is 0 Å². The van der Waals surface area contributed by atoms with Crippen LogP contribution in [0.2, 0.25) is 0 Å². The van der Waals surface area contributed by atoms with Crippen LogP contribution < -0.4 is 0 Å². The van der Waals surface area contributed by atoms with Crippen LogP contribution >= 0.6 is 11.8 Å². The Morgan fingerprint density at radius 2 is 1.96 bits per heavy atom. The number of halogens is 2. The van der Waals surface area contributed by atoms with Gasteiger partial charge in [-0.05, 0) is 36.8 Å². The summed E-state index contributed by atoms with van der Waals surface area (Å²) in [6.45, 7) is 1.12. The lowest BCUT2D eigenvalue weighted by Crippen LogP contribution is -2.32. The molecular formula is C17H16F2N2OS. The van der Waals surface area contributed by atoms with Gasteiger partial charge in [-0.2, -0.15) is 11.8 Å². The predicted molar refractivity (Wildman–Crippen MR) is 86.3 cm³/mol. The summed E-state index contributed by atoms with van der Waals surface area (Å²) in [5.74, 6) is -0.181. The standard InChI is InChI=1S/C17H16F2N2OS/c18-13-1-2-15(19)14(11-13)16-5-8-21(9-10-23-16)17(22)12-3-6-20-7-4-12/h1-4,6-7,11,16H,5,8-10H2/t16-/m1/s1. The van der Waals surface area contributed by atoms with Gasteiger partial charge in [0.05, 0.1) is 0 Å². The second kappa shape index (κ2) is 7.08. The number of nitrogens with zero attached hydrogens (tertiary/aromatic N) is 2. The lowest BCUT2D eigenvalue weighted by atomic mass is 10.1. The molecule has 0 bridgehead atoms. The molecule has 1 fully saturated rings. The molecule has 3 nitrogen and oxygen atoms in total. The Labute approximate surface area is 137 Å². The Kier molecular flexibility index (Phi) is 4.91. The molecule has 0 saturated carbocycles. The van der Waals surface area contributed by atoms with E-state index in [0.29, 0.717) is 36.4 Å². The van der Waals surface area contributed by atoms with Crippen molar-refractivity contribution >= 4 is 17.7 Å². The number of hydrogen-bond donors (Lipinski definition) is 0. The summed E-state index contributed by atoms with van der Waals surface area (Å²) in [6.07, 6.45) is 3.78. The first-order chi connectivity index (χ1) is 11.1. The third-order valence-electron chi connectivity index (χ3n) is 3.86. The van der Waals surface area contributed by atoms with E-state index in [1.54, 1.807) is 41.2 Å².